The van der Waals surface area contributed by atoms with Crippen molar-refractivity contribution in [3.8, 4) is 0 Å². The minimum Gasteiger partial charge on any atom is -0.475 e. The van der Waals surface area contributed by atoms with Crippen LogP contribution < -0.4 is 0 Å². The number of ether oxygens (including phenoxy) is 3. The Morgan fingerprint density at radius 1 is 0.625 bits per heavy atom. The number of rotatable bonds is 3. The van der Waals surface area contributed by atoms with Crippen LogP contribution in [0.4, 0.5) is 0 Å². The van der Waals surface area contributed by atoms with E-state index in [0.29, 0.717) is 37.5 Å². The molecule has 0 saturated heterocycles. The summed E-state index contributed by atoms with van der Waals surface area (Å²) in [5, 5.41) is 0. The lowest BCUT2D eigenvalue weighted by molar-refractivity contribution is 0.322. The highest BCUT2D eigenvalue weighted by Crippen LogP contribution is 2.22. The zero-order valence-electron chi connectivity index (χ0n) is 14.2. The van der Waals surface area contributed by atoms with E-state index in [1.165, 1.54) is 0 Å². The summed E-state index contributed by atoms with van der Waals surface area (Å²) in [5.41, 5.74) is 2.72. The van der Waals surface area contributed by atoms with Crippen molar-refractivity contribution in [3.05, 3.63) is 34.9 Å². The highest BCUT2D eigenvalue weighted by atomic mass is 16.5. The highest BCUT2D eigenvalue weighted by molar-refractivity contribution is 6.05. The molecule has 0 saturated carbocycles. The predicted octanol–water partition coefficient (Wildman–Crippen LogP) is 2.18. The van der Waals surface area contributed by atoms with Crippen molar-refractivity contribution in [1.82, 2.24) is 0 Å². The fourth-order valence-electron chi connectivity index (χ4n) is 2.89. The maximum Gasteiger partial charge on any atom is 0.216 e. The van der Waals surface area contributed by atoms with Crippen molar-refractivity contribution < 1.29 is 14.2 Å². The van der Waals surface area contributed by atoms with E-state index in [1.807, 2.05) is 39.0 Å². The minimum absolute atomic E-state index is 0.173. The summed E-state index contributed by atoms with van der Waals surface area (Å²) in [6, 6.07) is 6.55. The molecular weight excluding hydrogens is 306 g/mol. The molecule has 0 unspecified atom stereocenters. The van der Waals surface area contributed by atoms with E-state index in [-0.39, 0.29) is 18.1 Å². The normalized spacial score (nSPS) is 28.6. The number of benzene rings is 1. The van der Waals surface area contributed by atoms with E-state index in [4.69, 9.17) is 14.2 Å². The first-order valence-electron chi connectivity index (χ1n) is 8.36. The first-order valence-corrected chi connectivity index (χ1v) is 8.36. The van der Waals surface area contributed by atoms with Crippen LogP contribution in [0.1, 0.15) is 37.5 Å². The molecule has 3 aliphatic heterocycles. The maximum absolute atomic E-state index is 5.72. The van der Waals surface area contributed by atoms with Crippen molar-refractivity contribution in [1.29, 1.82) is 0 Å². The monoisotopic (exact) mass is 327 g/mol. The van der Waals surface area contributed by atoms with Crippen molar-refractivity contribution in [2.45, 2.75) is 38.9 Å². The van der Waals surface area contributed by atoms with E-state index >= 15 is 0 Å². The van der Waals surface area contributed by atoms with Crippen LogP contribution in [0.25, 0.3) is 0 Å². The van der Waals surface area contributed by atoms with Gasteiger partial charge in [0.1, 0.15) is 19.8 Å². The lowest BCUT2D eigenvalue weighted by Crippen LogP contribution is -2.10. The van der Waals surface area contributed by atoms with E-state index < -0.39 is 0 Å². The second-order valence-electron chi connectivity index (χ2n) is 6.58. The zero-order chi connectivity index (χ0) is 16.7. The molecule has 3 atom stereocenters. The third-order valence-corrected chi connectivity index (χ3v) is 4.07. The van der Waals surface area contributed by atoms with Gasteiger partial charge in [0.2, 0.25) is 17.7 Å². The van der Waals surface area contributed by atoms with Crippen LogP contribution in [0.2, 0.25) is 0 Å². The summed E-state index contributed by atoms with van der Waals surface area (Å²) in [6.07, 6.45) is 0. The zero-order valence-corrected chi connectivity index (χ0v) is 14.2. The molecule has 24 heavy (non-hydrogen) atoms. The van der Waals surface area contributed by atoms with Crippen LogP contribution >= 0.6 is 0 Å². The Kier molecular flexibility index (Phi) is 3.75. The molecule has 6 heteroatoms. The Morgan fingerprint density at radius 3 is 1.12 bits per heavy atom. The van der Waals surface area contributed by atoms with Gasteiger partial charge >= 0.3 is 0 Å². The molecule has 3 aliphatic rings. The Hall–Kier alpha value is -2.37. The SMILES string of the molecule is C[C@H]1COC(c2cc(C3=N[C@@H](C)CO3)cc(C3=N[C@@H](C)CO3)c2)=N1. The highest BCUT2D eigenvalue weighted by Gasteiger charge is 2.24. The quantitative estimate of drug-likeness (QED) is 0.855. The van der Waals surface area contributed by atoms with E-state index in [1.54, 1.807) is 0 Å². The smallest absolute Gasteiger partial charge is 0.216 e. The average Bonchev–Trinajstić information content (AvgIpc) is 3.28. The molecular formula is C18H21N3O3. The van der Waals surface area contributed by atoms with Crippen LogP contribution in [0.15, 0.2) is 33.2 Å². The lowest BCUT2D eigenvalue weighted by atomic mass is 10.0. The third-order valence-electron chi connectivity index (χ3n) is 4.07. The maximum atomic E-state index is 5.72. The Morgan fingerprint density at radius 2 is 0.917 bits per heavy atom. The molecule has 0 amide bonds. The van der Waals surface area contributed by atoms with Gasteiger partial charge in [-0.05, 0) is 39.0 Å². The fourth-order valence-corrected chi connectivity index (χ4v) is 2.89. The summed E-state index contributed by atoms with van der Waals surface area (Å²) in [7, 11) is 0. The van der Waals surface area contributed by atoms with Gasteiger partial charge in [-0.1, -0.05) is 0 Å². The van der Waals surface area contributed by atoms with Crippen molar-refractivity contribution >= 4 is 17.7 Å². The van der Waals surface area contributed by atoms with Gasteiger partial charge in [-0.15, -0.1) is 0 Å². The van der Waals surface area contributed by atoms with Crippen LogP contribution in [0.5, 0.6) is 0 Å². The topological polar surface area (TPSA) is 64.8 Å². The number of hydrogen-bond acceptors (Lipinski definition) is 6. The van der Waals surface area contributed by atoms with Gasteiger partial charge in [0.25, 0.3) is 0 Å². The number of nitrogens with zero attached hydrogens (tertiary/aromatic N) is 3. The molecule has 6 nitrogen and oxygen atoms in total. The molecule has 1 aromatic carbocycles. The predicted molar refractivity (Wildman–Crippen MR) is 92.3 cm³/mol. The molecule has 0 radical (unpaired) electrons. The first-order chi connectivity index (χ1) is 11.6. The second-order valence-corrected chi connectivity index (χ2v) is 6.58. The fraction of sp³-hybridized carbons (Fsp3) is 0.500. The minimum atomic E-state index is 0.173. The number of aliphatic imine (C=N–C) groups is 3. The van der Waals surface area contributed by atoms with Crippen molar-refractivity contribution in [2.75, 3.05) is 19.8 Å². The van der Waals surface area contributed by atoms with Crippen LogP contribution in [-0.2, 0) is 14.2 Å². The molecule has 0 spiro atoms. The van der Waals surface area contributed by atoms with Gasteiger partial charge < -0.3 is 14.2 Å². The third kappa shape index (κ3) is 2.88. The number of hydrogen-bond donors (Lipinski definition) is 0. The van der Waals surface area contributed by atoms with Gasteiger partial charge in [0.15, 0.2) is 0 Å². The van der Waals surface area contributed by atoms with E-state index in [2.05, 4.69) is 15.0 Å². The largest absolute Gasteiger partial charge is 0.475 e. The first kappa shape index (κ1) is 15.2. The second kappa shape index (κ2) is 5.92. The van der Waals surface area contributed by atoms with Gasteiger partial charge in [0.05, 0.1) is 18.1 Å². The van der Waals surface area contributed by atoms with Crippen molar-refractivity contribution in [3.63, 3.8) is 0 Å². The summed E-state index contributed by atoms with van der Waals surface area (Å²) < 4.78 is 17.2. The van der Waals surface area contributed by atoms with Gasteiger partial charge in [-0.3, -0.25) is 0 Å². The van der Waals surface area contributed by atoms with Gasteiger partial charge in [-0.25, -0.2) is 15.0 Å². The Labute approximate surface area is 141 Å². The van der Waals surface area contributed by atoms with Crippen LogP contribution in [0, 0.1) is 0 Å². The molecule has 0 aliphatic carbocycles. The molecule has 0 N–H and O–H groups in total. The molecule has 0 bridgehead atoms. The van der Waals surface area contributed by atoms with Crippen LogP contribution in [0.3, 0.4) is 0 Å². The van der Waals surface area contributed by atoms with Crippen molar-refractivity contribution in [2.24, 2.45) is 15.0 Å². The Bertz CT molecular complexity index is 642. The Balaban J connectivity index is 1.78. The standard InChI is InChI=1S/C18H21N3O3/c1-10-7-22-16(19-10)13-4-14(17-20-11(2)8-23-17)6-15(5-13)18-21-12(3)9-24-18/h4-6,10-12H,7-9H2,1-3H3/t10-,11-,12-/m0/s1. The molecule has 126 valence electrons. The summed E-state index contributed by atoms with van der Waals surface area (Å²) in [6.45, 7) is 7.94. The summed E-state index contributed by atoms with van der Waals surface area (Å²) in [5.74, 6) is 1.97. The molecule has 0 fully saturated rings. The molecule has 0 aromatic heterocycles. The average molecular weight is 327 g/mol. The molecule has 3 heterocycles. The van der Waals surface area contributed by atoms with E-state index in [9.17, 15) is 0 Å². The van der Waals surface area contributed by atoms with E-state index in [0.717, 1.165) is 16.7 Å². The lowest BCUT2D eigenvalue weighted by Gasteiger charge is -2.10. The van der Waals surface area contributed by atoms with Gasteiger partial charge in [-0.2, -0.15) is 0 Å². The molecule has 1 aromatic rings. The molecule has 4 rings (SSSR count). The summed E-state index contributed by atoms with van der Waals surface area (Å²) >= 11 is 0. The van der Waals surface area contributed by atoms with Gasteiger partial charge in [0, 0.05) is 16.7 Å². The van der Waals surface area contributed by atoms with Crippen LogP contribution in [-0.4, -0.2) is 55.6 Å². The summed E-state index contributed by atoms with van der Waals surface area (Å²) in [4.78, 5) is 13.7.